The van der Waals surface area contributed by atoms with Crippen molar-refractivity contribution in [3.63, 3.8) is 0 Å². The molecule has 94 valence electrons. The van der Waals surface area contributed by atoms with E-state index in [1.807, 2.05) is 0 Å². The second-order valence-electron chi connectivity index (χ2n) is 4.00. The predicted molar refractivity (Wildman–Crippen MR) is 67.0 cm³/mol. The third-order valence-corrected chi connectivity index (χ3v) is 2.75. The minimum atomic E-state index is -0.469. The van der Waals surface area contributed by atoms with E-state index in [0.717, 1.165) is 25.9 Å². The standard InChI is InChI=1S/C12H15FN2O.ClH/c13-11-6-2-1-5-10(11)12(16)15-9-4-3-7-14-8-9;/h1-2,5-6,9,14H,3-4,7-8H2,(H,15,16);1H/t9-;/m1./s1. The van der Waals surface area contributed by atoms with Crippen molar-refractivity contribution >= 4 is 18.3 Å². The van der Waals surface area contributed by atoms with E-state index in [1.165, 1.54) is 12.1 Å². The van der Waals surface area contributed by atoms with E-state index < -0.39 is 5.82 Å². The van der Waals surface area contributed by atoms with Crippen molar-refractivity contribution in [2.45, 2.75) is 18.9 Å². The molecule has 2 N–H and O–H groups in total. The Morgan fingerprint density at radius 2 is 2.18 bits per heavy atom. The molecule has 2 rings (SSSR count). The van der Waals surface area contributed by atoms with Gasteiger partial charge in [0.15, 0.2) is 0 Å². The van der Waals surface area contributed by atoms with Crippen LogP contribution in [0, 0.1) is 5.82 Å². The Bertz CT molecular complexity index is 381. The minimum Gasteiger partial charge on any atom is -0.348 e. The predicted octanol–water partition coefficient (Wildman–Crippen LogP) is 1.73. The van der Waals surface area contributed by atoms with Crippen molar-refractivity contribution < 1.29 is 9.18 Å². The maximum atomic E-state index is 13.3. The third kappa shape index (κ3) is 3.68. The fourth-order valence-electron chi connectivity index (χ4n) is 1.88. The van der Waals surface area contributed by atoms with E-state index in [2.05, 4.69) is 10.6 Å². The van der Waals surface area contributed by atoms with Gasteiger partial charge in [0, 0.05) is 12.6 Å². The minimum absolute atomic E-state index is 0. The van der Waals surface area contributed by atoms with Gasteiger partial charge in [-0.25, -0.2) is 4.39 Å². The highest BCUT2D eigenvalue weighted by Crippen LogP contribution is 2.08. The van der Waals surface area contributed by atoms with Crippen LogP contribution >= 0.6 is 12.4 Å². The molecule has 1 aromatic rings. The molecule has 1 aliphatic heterocycles. The van der Waals surface area contributed by atoms with Crippen LogP contribution in [0.25, 0.3) is 0 Å². The number of nitrogens with one attached hydrogen (secondary N) is 2. The molecule has 1 amide bonds. The number of hydrogen-bond donors (Lipinski definition) is 2. The average Bonchev–Trinajstić information content (AvgIpc) is 2.31. The van der Waals surface area contributed by atoms with E-state index in [1.54, 1.807) is 12.1 Å². The molecule has 1 atom stereocenters. The van der Waals surface area contributed by atoms with Gasteiger partial charge < -0.3 is 10.6 Å². The lowest BCUT2D eigenvalue weighted by atomic mass is 10.1. The van der Waals surface area contributed by atoms with Crippen LogP contribution < -0.4 is 10.6 Å². The first-order chi connectivity index (χ1) is 7.77. The summed E-state index contributed by atoms with van der Waals surface area (Å²) >= 11 is 0. The fraction of sp³-hybridized carbons (Fsp3) is 0.417. The number of rotatable bonds is 2. The van der Waals surface area contributed by atoms with Crippen LogP contribution in [0.5, 0.6) is 0 Å². The van der Waals surface area contributed by atoms with E-state index in [9.17, 15) is 9.18 Å². The van der Waals surface area contributed by atoms with Crippen molar-refractivity contribution in [3.05, 3.63) is 35.6 Å². The molecule has 17 heavy (non-hydrogen) atoms. The Morgan fingerprint density at radius 3 is 2.82 bits per heavy atom. The fourth-order valence-corrected chi connectivity index (χ4v) is 1.88. The van der Waals surface area contributed by atoms with Gasteiger partial charge in [-0.1, -0.05) is 12.1 Å². The van der Waals surface area contributed by atoms with Gasteiger partial charge >= 0.3 is 0 Å². The van der Waals surface area contributed by atoms with Crippen molar-refractivity contribution in [2.75, 3.05) is 13.1 Å². The molecule has 3 nitrogen and oxygen atoms in total. The molecular weight excluding hydrogens is 243 g/mol. The average molecular weight is 259 g/mol. The number of halogens is 2. The number of hydrogen-bond acceptors (Lipinski definition) is 2. The van der Waals surface area contributed by atoms with Crippen LogP contribution in [0.15, 0.2) is 24.3 Å². The molecule has 1 saturated heterocycles. The quantitative estimate of drug-likeness (QED) is 0.848. The zero-order chi connectivity index (χ0) is 11.4. The number of carbonyl (C=O) groups is 1. The van der Waals surface area contributed by atoms with Gasteiger partial charge in [-0.2, -0.15) is 0 Å². The first kappa shape index (κ1) is 13.9. The molecule has 0 saturated carbocycles. The summed E-state index contributed by atoms with van der Waals surface area (Å²) in [5.74, 6) is -0.796. The monoisotopic (exact) mass is 258 g/mol. The van der Waals surface area contributed by atoms with Crippen LogP contribution in [0.3, 0.4) is 0 Å². The SMILES string of the molecule is Cl.O=C(N[C@@H]1CCCNC1)c1ccccc1F. The van der Waals surface area contributed by atoms with Gasteiger partial charge in [-0.15, -0.1) is 12.4 Å². The Labute approximate surface area is 106 Å². The van der Waals surface area contributed by atoms with Crippen molar-refractivity contribution in [3.8, 4) is 0 Å². The molecule has 0 aromatic heterocycles. The zero-order valence-corrected chi connectivity index (χ0v) is 10.2. The summed E-state index contributed by atoms with van der Waals surface area (Å²) in [6, 6.07) is 6.15. The number of piperidine rings is 1. The molecule has 0 radical (unpaired) electrons. The van der Waals surface area contributed by atoms with Crippen LogP contribution in [0.1, 0.15) is 23.2 Å². The number of amides is 1. The number of carbonyl (C=O) groups excluding carboxylic acids is 1. The third-order valence-electron chi connectivity index (χ3n) is 2.75. The highest BCUT2D eigenvalue weighted by atomic mass is 35.5. The molecule has 1 heterocycles. The number of benzene rings is 1. The Balaban J connectivity index is 0.00000144. The summed E-state index contributed by atoms with van der Waals surface area (Å²) in [7, 11) is 0. The van der Waals surface area contributed by atoms with E-state index in [-0.39, 0.29) is 29.9 Å². The maximum absolute atomic E-state index is 13.3. The molecule has 0 unspecified atom stereocenters. The van der Waals surface area contributed by atoms with Crippen LogP contribution in [-0.4, -0.2) is 25.0 Å². The lowest BCUT2D eigenvalue weighted by Crippen LogP contribution is -2.45. The van der Waals surface area contributed by atoms with Crippen LogP contribution in [-0.2, 0) is 0 Å². The van der Waals surface area contributed by atoms with E-state index in [4.69, 9.17) is 0 Å². The molecule has 0 aliphatic carbocycles. The topological polar surface area (TPSA) is 41.1 Å². The van der Waals surface area contributed by atoms with Crippen molar-refractivity contribution in [1.82, 2.24) is 10.6 Å². The van der Waals surface area contributed by atoms with Gasteiger partial charge in [0.05, 0.1) is 5.56 Å². The zero-order valence-electron chi connectivity index (χ0n) is 9.41. The first-order valence-electron chi connectivity index (χ1n) is 5.53. The Morgan fingerprint density at radius 1 is 1.41 bits per heavy atom. The van der Waals surface area contributed by atoms with Gasteiger partial charge in [0.2, 0.25) is 0 Å². The second kappa shape index (κ2) is 6.57. The van der Waals surface area contributed by atoms with Crippen LogP contribution in [0.4, 0.5) is 4.39 Å². The summed E-state index contributed by atoms with van der Waals surface area (Å²) in [5, 5.41) is 6.03. The highest BCUT2D eigenvalue weighted by Gasteiger charge is 2.17. The Hall–Kier alpha value is -1.13. The lowest BCUT2D eigenvalue weighted by Gasteiger charge is -2.23. The summed E-state index contributed by atoms with van der Waals surface area (Å²) in [5.41, 5.74) is 0.119. The summed E-state index contributed by atoms with van der Waals surface area (Å²) in [6.45, 7) is 1.76. The molecule has 1 aliphatic rings. The van der Waals surface area contributed by atoms with Gasteiger partial charge in [0.25, 0.3) is 5.91 Å². The van der Waals surface area contributed by atoms with Crippen molar-refractivity contribution in [1.29, 1.82) is 0 Å². The molecule has 1 fully saturated rings. The van der Waals surface area contributed by atoms with E-state index >= 15 is 0 Å². The normalized spacial score (nSPS) is 19.2. The first-order valence-corrected chi connectivity index (χ1v) is 5.53. The van der Waals surface area contributed by atoms with Gasteiger partial charge in [-0.05, 0) is 31.5 Å². The van der Waals surface area contributed by atoms with Crippen LogP contribution in [0.2, 0.25) is 0 Å². The maximum Gasteiger partial charge on any atom is 0.254 e. The molecule has 0 bridgehead atoms. The smallest absolute Gasteiger partial charge is 0.254 e. The highest BCUT2D eigenvalue weighted by molar-refractivity contribution is 5.94. The summed E-state index contributed by atoms with van der Waals surface area (Å²) in [4.78, 5) is 11.8. The molecular formula is C12H16ClFN2O. The lowest BCUT2D eigenvalue weighted by molar-refractivity contribution is 0.0926. The molecule has 5 heteroatoms. The summed E-state index contributed by atoms with van der Waals surface area (Å²) in [6.07, 6.45) is 2.00. The van der Waals surface area contributed by atoms with Gasteiger partial charge in [-0.3, -0.25) is 4.79 Å². The molecule has 0 spiro atoms. The second-order valence-corrected chi connectivity index (χ2v) is 4.00. The van der Waals surface area contributed by atoms with Gasteiger partial charge in [0.1, 0.15) is 5.82 Å². The Kier molecular flexibility index (Phi) is 5.38. The summed E-state index contributed by atoms with van der Waals surface area (Å²) < 4.78 is 13.3. The van der Waals surface area contributed by atoms with Crippen molar-refractivity contribution in [2.24, 2.45) is 0 Å². The largest absolute Gasteiger partial charge is 0.348 e. The molecule has 1 aromatic carbocycles. The van der Waals surface area contributed by atoms with E-state index in [0.29, 0.717) is 0 Å².